The fraction of sp³-hybridized carbons (Fsp3) is 0.567. The molecule has 13 heteroatoms. The van der Waals surface area contributed by atoms with E-state index in [4.69, 9.17) is 13.9 Å². The largest absolute Gasteiger partial charge is 0.479 e. The number of benzene rings is 1. The molecule has 2 aliphatic heterocycles. The molecule has 1 saturated carbocycles. The van der Waals surface area contributed by atoms with Crippen LogP contribution in [0.4, 0.5) is 9.18 Å². The number of fused-ring (bicyclic) bond motifs is 3. The first kappa shape index (κ1) is 30.3. The summed E-state index contributed by atoms with van der Waals surface area (Å²) >= 11 is 0. The summed E-state index contributed by atoms with van der Waals surface area (Å²) in [4.78, 5) is 58.1. The monoisotopic (exact) mass is 600 g/mol. The van der Waals surface area contributed by atoms with E-state index in [2.05, 4.69) is 15.6 Å². The molecule has 1 aromatic heterocycles. The van der Waals surface area contributed by atoms with Gasteiger partial charge in [-0.3, -0.25) is 9.59 Å². The molecule has 3 heterocycles. The van der Waals surface area contributed by atoms with Gasteiger partial charge in [0.15, 0.2) is 5.58 Å². The summed E-state index contributed by atoms with van der Waals surface area (Å²) in [5.74, 6) is -3.15. The molecule has 12 nitrogen and oxygen atoms in total. The lowest BCUT2D eigenvalue weighted by molar-refractivity contribution is -0.145. The molecule has 0 radical (unpaired) electrons. The Morgan fingerprint density at radius 1 is 1.23 bits per heavy atom. The van der Waals surface area contributed by atoms with Gasteiger partial charge < -0.3 is 34.5 Å². The number of carbonyl (C=O) groups is 4. The Hall–Kier alpha value is -4.16. The molecule has 43 heavy (non-hydrogen) atoms. The summed E-state index contributed by atoms with van der Waals surface area (Å²) in [5, 5.41) is 15.4. The number of nitrogens with zero attached hydrogens (tertiary/aromatic N) is 2. The number of nitrogens with one attached hydrogen (secondary N) is 2. The molecule has 3 N–H and O–H groups in total. The van der Waals surface area contributed by atoms with Crippen molar-refractivity contribution in [1.82, 2.24) is 20.5 Å². The summed E-state index contributed by atoms with van der Waals surface area (Å²) < 4.78 is 30.6. The normalized spacial score (nSPS) is 29.0. The van der Waals surface area contributed by atoms with Crippen molar-refractivity contribution in [2.45, 2.75) is 95.0 Å². The van der Waals surface area contributed by atoms with Crippen LogP contribution in [0, 0.1) is 11.7 Å². The lowest BCUT2D eigenvalue weighted by atomic mass is 10.0. The number of halogens is 1. The third-order valence-electron chi connectivity index (χ3n) is 7.91. The van der Waals surface area contributed by atoms with Gasteiger partial charge in [-0.05, 0) is 58.6 Å². The van der Waals surface area contributed by atoms with E-state index in [0.29, 0.717) is 18.4 Å². The Morgan fingerprint density at radius 3 is 2.77 bits per heavy atom. The first-order chi connectivity index (χ1) is 20.3. The Balaban J connectivity index is 1.42. The molecule has 2 fully saturated rings. The van der Waals surface area contributed by atoms with Crippen molar-refractivity contribution >= 4 is 35.0 Å². The smallest absolute Gasteiger partial charge is 0.408 e. The van der Waals surface area contributed by atoms with Crippen molar-refractivity contribution in [2.75, 3.05) is 6.54 Å². The van der Waals surface area contributed by atoms with Crippen LogP contribution in [-0.2, 0) is 19.1 Å². The average molecular weight is 601 g/mol. The van der Waals surface area contributed by atoms with Gasteiger partial charge in [-0.25, -0.2) is 14.0 Å². The Bertz CT molecular complexity index is 1430. The molecular formula is C30H37FN4O8. The van der Waals surface area contributed by atoms with Crippen LogP contribution in [-0.4, -0.2) is 74.7 Å². The maximum absolute atomic E-state index is 14.0. The van der Waals surface area contributed by atoms with Gasteiger partial charge in [0.2, 0.25) is 11.8 Å². The van der Waals surface area contributed by atoms with E-state index in [1.165, 1.54) is 23.1 Å². The number of ether oxygens (including phenoxy) is 2. The molecule has 1 saturated heterocycles. The zero-order valence-corrected chi connectivity index (χ0v) is 24.4. The molecule has 3 aliphatic rings. The predicted molar refractivity (Wildman–Crippen MR) is 151 cm³/mol. The molecule has 232 valence electrons. The summed E-state index contributed by atoms with van der Waals surface area (Å²) in [7, 11) is 0. The van der Waals surface area contributed by atoms with Crippen molar-refractivity contribution in [3.05, 3.63) is 36.2 Å². The summed E-state index contributed by atoms with van der Waals surface area (Å²) in [5.41, 5.74) is -1.70. The van der Waals surface area contributed by atoms with Crippen molar-refractivity contribution in [3.8, 4) is 6.08 Å². The highest BCUT2D eigenvalue weighted by Crippen LogP contribution is 2.45. The second-order valence-electron chi connectivity index (χ2n) is 12.4. The molecule has 0 unspecified atom stereocenters. The topological polar surface area (TPSA) is 160 Å². The van der Waals surface area contributed by atoms with Gasteiger partial charge in [-0.2, -0.15) is 4.98 Å². The molecule has 1 aliphatic carbocycles. The molecular weight excluding hydrogens is 563 g/mol. The van der Waals surface area contributed by atoms with Crippen LogP contribution in [0.5, 0.6) is 6.08 Å². The number of oxazole rings is 1. The van der Waals surface area contributed by atoms with E-state index in [1.54, 1.807) is 20.8 Å². The second kappa shape index (κ2) is 11.8. The van der Waals surface area contributed by atoms with Crippen LogP contribution >= 0.6 is 0 Å². The number of alkyl carbamates (subject to hydrolysis) is 1. The van der Waals surface area contributed by atoms with Gasteiger partial charge in [-0.15, -0.1) is 0 Å². The number of hydrogen-bond acceptors (Lipinski definition) is 8. The van der Waals surface area contributed by atoms with Crippen molar-refractivity contribution in [1.29, 1.82) is 0 Å². The van der Waals surface area contributed by atoms with Crippen LogP contribution in [0.15, 0.2) is 34.8 Å². The van der Waals surface area contributed by atoms with Gasteiger partial charge in [0.1, 0.15) is 40.7 Å². The molecule has 3 amide bonds. The number of allylic oxidation sites excluding steroid dienone is 1. The van der Waals surface area contributed by atoms with Gasteiger partial charge in [0.05, 0.1) is 6.54 Å². The van der Waals surface area contributed by atoms with Crippen LogP contribution in [0.3, 0.4) is 0 Å². The molecule has 0 spiro atoms. The minimum atomic E-state index is -1.46. The molecule has 5 atom stereocenters. The number of aromatic nitrogens is 1. The van der Waals surface area contributed by atoms with E-state index >= 15 is 0 Å². The quantitative estimate of drug-likeness (QED) is 0.445. The fourth-order valence-electron chi connectivity index (χ4n) is 5.67. The lowest BCUT2D eigenvalue weighted by Crippen LogP contribution is -2.56. The first-order valence-electron chi connectivity index (χ1n) is 14.6. The standard InChI is InChI=1S/C30H37FN4O8/c1-29(2,3)43-27(40)32-20-10-8-6-4-5-7-9-17-15-30(17,26(38)39)34-24(36)22-14-19(16-35(22)25(20)37)41-28-33-21-13-18(31)11-12-23(21)42-28/h7,9,11-13,17,19-20,22H,4-6,8,10,14-16H2,1-3H3,(H,32,40)(H,34,36)(H,38,39)/b9-7-/t17-,19-,20+,22+,30-/m1/s1. The summed E-state index contributed by atoms with van der Waals surface area (Å²) in [6.45, 7) is 5.08. The summed E-state index contributed by atoms with van der Waals surface area (Å²) in [6, 6.07) is 1.76. The van der Waals surface area contributed by atoms with Gasteiger partial charge in [0.25, 0.3) is 0 Å². The SMILES string of the molecule is CC(C)(C)OC(=O)N[C@H]1CCCCC/C=C\[C@@H]2C[C@@]2(C(=O)O)NC(=O)[C@@H]2C[C@@H](Oc3nc4cc(F)ccc4o3)CN2C1=O. The predicted octanol–water partition coefficient (Wildman–Crippen LogP) is 3.69. The van der Waals surface area contributed by atoms with Gasteiger partial charge in [0, 0.05) is 18.4 Å². The average Bonchev–Trinajstić information content (AvgIpc) is 3.23. The number of aliphatic carboxylic acids is 1. The van der Waals surface area contributed by atoms with Crippen LogP contribution < -0.4 is 15.4 Å². The van der Waals surface area contributed by atoms with E-state index in [-0.39, 0.29) is 36.9 Å². The minimum absolute atomic E-state index is 0.0139. The van der Waals surface area contributed by atoms with Gasteiger partial charge >= 0.3 is 18.1 Å². The number of carbonyl (C=O) groups excluding carboxylic acids is 3. The van der Waals surface area contributed by atoms with Crippen molar-refractivity contribution < 1.29 is 42.6 Å². The van der Waals surface area contributed by atoms with Gasteiger partial charge in [-0.1, -0.05) is 25.0 Å². The van der Waals surface area contributed by atoms with E-state index in [0.717, 1.165) is 19.3 Å². The maximum atomic E-state index is 14.0. The van der Waals surface area contributed by atoms with Crippen LogP contribution in [0.1, 0.15) is 65.7 Å². The molecule has 1 aromatic carbocycles. The van der Waals surface area contributed by atoms with Crippen LogP contribution in [0.2, 0.25) is 0 Å². The third kappa shape index (κ3) is 6.91. The highest BCUT2D eigenvalue weighted by Gasteiger charge is 2.61. The Kier molecular flexibility index (Phi) is 8.35. The maximum Gasteiger partial charge on any atom is 0.408 e. The number of carboxylic acids is 1. The van der Waals surface area contributed by atoms with Crippen molar-refractivity contribution in [3.63, 3.8) is 0 Å². The van der Waals surface area contributed by atoms with Crippen LogP contribution in [0.25, 0.3) is 11.1 Å². The zero-order chi connectivity index (χ0) is 30.9. The van der Waals surface area contributed by atoms with E-state index < -0.39 is 59.0 Å². The van der Waals surface area contributed by atoms with E-state index in [1.807, 2.05) is 12.2 Å². The number of amides is 3. The zero-order valence-electron chi connectivity index (χ0n) is 24.4. The lowest BCUT2D eigenvalue weighted by Gasteiger charge is -2.30. The molecule has 0 bridgehead atoms. The number of rotatable bonds is 4. The second-order valence-corrected chi connectivity index (χ2v) is 12.4. The Morgan fingerprint density at radius 2 is 2.02 bits per heavy atom. The highest BCUT2D eigenvalue weighted by molar-refractivity contribution is 5.96. The fourth-order valence-corrected chi connectivity index (χ4v) is 5.67. The van der Waals surface area contributed by atoms with E-state index in [9.17, 15) is 28.7 Å². The first-order valence-corrected chi connectivity index (χ1v) is 14.6. The van der Waals surface area contributed by atoms with Crippen molar-refractivity contribution in [2.24, 2.45) is 5.92 Å². The molecule has 5 rings (SSSR count). The number of carboxylic acid groups (broad SMARTS) is 1. The minimum Gasteiger partial charge on any atom is -0.479 e. The number of hydrogen-bond donors (Lipinski definition) is 3. The Labute approximate surface area is 248 Å². The summed E-state index contributed by atoms with van der Waals surface area (Å²) in [6.07, 6.45) is 5.63. The third-order valence-corrected chi connectivity index (χ3v) is 7.91. The molecule has 2 aromatic rings. The highest BCUT2D eigenvalue weighted by atomic mass is 19.1.